The van der Waals surface area contributed by atoms with Gasteiger partial charge in [0.05, 0.1) is 11.5 Å². The summed E-state index contributed by atoms with van der Waals surface area (Å²) in [6.07, 6.45) is 6.14. The average Bonchev–Trinajstić information content (AvgIpc) is 3.02. The Labute approximate surface area is 259 Å². The molecule has 2 saturated heterocycles. The Morgan fingerprint density at radius 1 is 1.00 bits per heavy atom. The standard InChI is InChI=1S/C33H43F2N5O3S/c1-22-24-6-5-7-26(18-24)33(34,35)25-9-14-39(15-10-25)20-27(41)8-3-2-4-13-40-31-29(30(38-22)36-21-37-31)19-28(32(40)42)23-11-16-44(43)17-12-23/h5-7,18-19,21-23,25,27,41H,2-4,8-17,20H2,1H3,(H,36,37,38)/t22-,23?,27?,44?/m1/s1. The molecular weight excluding hydrogens is 584 g/mol. The monoisotopic (exact) mass is 627 g/mol. The number of benzene rings is 1. The number of aryl methyl sites for hydroxylation is 1. The summed E-state index contributed by atoms with van der Waals surface area (Å²) in [5, 5.41) is 14.9. The largest absolute Gasteiger partial charge is 0.392 e. The summed E-state index contributed by atoms with van der Waals surface area (Å²) >= 11 is 0. The first-order valence-corrected chi connectivity index (χ1v) is 17.6. The molecule has 11 heteroatoms. The van der Waals surface area contributed by atoms with Crippen molar-refractivity contribution in [3.05, 3.63) is 63.7 Å². The summed E-state index contributed by atoms with van der Waals surface area (Å²) in [6, 6.07) is 8.22. The molecule has 0 saturated carbocycles. The van der Waals surface area contributed by atoms with E-state index in [0.717, 1.165) is 30.2 Å². The number of hydrogen-bond acceptors (Lipinski definition) is 7. The number of aliphatic hydroxyl groups excluding tert-OH is 1. The molecule has 1 aromatic carbocycles. The molecule has 8 bridgehead atoms. The van der Waals surface area contributed by atoms with Gasteiger partial charge < -0.3 is 15.3 Å². The van der Waals surface area contributed by atoms with Gasteiger partial charge in [0.2, 0.25) is 0 Å². The quantitative estimate of drug-likeness (QED) is 0.376. The van der Waals surface area contributed by atoms with Crippen LogP contribution in [0.4, 0.5) is 14.6 Å². The molecule has 2 N–H and O–H groups in total. The Morgan fingerprint density at radius 3 is 2.55 bits per heavy atom. The van der Waals surface area contributed by atoms with Gasteiger partial charge >= 0.3 is 0 Å². The highest BCUT2D eigenvalue weighted by Gasteiger charge is 2.43. The van der Waals surface area contributed by atoms with Crippen LogP contribution in [-0.2, 0) is 23.3 Å². The maximum absolute atomic E-state index is 15.9. The number of halogens is 2. The zero-order valence-electron chi connectivity index (χ0n) is 25.4. The van der Waals surface area contributed by atoms with Gasteiger partial charge in [-0.1, -0.05) is 31.0 Å². The van der Waals surface area contributed by atoms with E-state index in [1.807, 2.05) is 19.1 Å². The molecule has 0 spiro atoms. The predicted octanol–water partition coefficient (Wildman–Crippen LogP) is 5.33. The highest BCUT2D eigenvalue weighted by atomic mass is 32.2. The number of rotatable bonds is 1. The third kappa shape index (κ3) is 6.60. The van der Waals surface area contributed by atoms with Crippen LogP contribution in [0.25, 0.3) is 11.0 Å². The maximum Gasteiger partial charge on any atom is 0.276 e. The number of alkyl halides is 2. The number of nitrogens with one attached hydrogen (secondary N) is 1. The molecule has 2 atom stereocenters. The van der Waals surface area contributed by atoms with Crippen molar-refractivity contribution < 1.29 is 18.1 Å². The lowest BCUT2D eigenvalue weighted by atomic mass is 9.85. The van der Waals surface area contributed by atoms with E-state index in [2.05, 4.69) is 20.2 Å². The molecule has 238 valence electrons. The second kappa shape index (κ2) is 13.3. The van der Waals surface area contributed by atoms with Crippen LogP contribution in [0, 0.1) is 5.92 Å². The summed E-state index contributed by atoms with van der Waals surface area (Å²) in [6.45, 7) is 4.02. The molecule has 7 rings (SSSR count). The number of aliphatic hydroxyl groups is 1. The van der Waals surface area contributed by atoms with Crippen molar-refractivity contribution in [3.8, 4) is 0 Å². The number of aromatic nitrogens is 3. The molecule has 1 unspecified atom stereocenters. The maximum atomic E-state index is 15.9. The third-order valence-corrected chi connectivity index (χ3v) is 11.2. The van der Waals surface area contributed by atoms with E-state index in [1.54, 1.807) is 16.7 Å². The Hall–Kier alpha value is -2.76. The van der Waals surface area contributed by atoms with Gasteiger partial charge in [-0.3, -0.25) is 13.6 Å². The Morgan fingerprint density at radius 2 is 1.77 bits per heavy atom. The molecule has 0 radical (unpaired) electrons. The van der Waals surface area contributed by atoms with E-state index in [-0.39, 0.29) is 23.1 Å². The average molecular weight is 628 g/mol. The smallest absolute Gasteiger partial charge is 0.276 e. The second-order valence-corrected chi connectivity index (χ2v) is 14.5. The highest BCUT2D eigenvalue weighted by molar-refractivity contribution is 7.85. The van der Waals surface area contributed by atoms with Crippen molar-refractivity contribution in [2.75, 3.05) is 36.5 Å². The van der Waals surface area contributed by atoms with Crippen molar-refractivity contribution in [2.24, 2.45) is 5.92 Å². The number of anilines is 1. The van der Waals surface area contributed by atoms with Gasteiger partial charge in [0.15, 0.2) is 0 Å². The number of pyridine rings is 1. The molecule has 0 amide bonds. The Balaban J connectivity index is 1.39. The molecule has 2 fully saturated rings. The van der Waals surface area contributed by atoms with Crippen LogP contribution < -0.4 is 10.9 Å². The van der Waals surface area contributed by atoms with Crippen LogP contribution in [0.2, 0.25) is 0 Å². The van der Waals surface area contributed by atoms with Crippen molar-refractivity contribution in [2.45, 2.75) is 88.8 Å². The molecule has 8 nitrogen and oxygen atoms in total. The lowest BCUT2D eigenvalue weighted by Crippen LogP contribution is -2.42. The van der Waals surface area contributed by atoms with Crippen molar-refractivity contribution >= 4 is 27.7 Å². The first kappa shape index (κ1) is 31.2. The summed E-state index contributed by atoms with van der Waals surface area (Å²) in [5.41, 5.74) is 1.91. The minimum absolute atomic E-state index is 0.00948. The molecule has 6 heterocycles. The molecule has 44 heavy (non-hydrogen) atoms. The van der Waals surface area contributed by atoms with Crippen molar-refractivity contribution in [1.29, 1.82) is 0 Å². The second-order valence-electron chi connectivity index (χ2n) is 12.8. The van der Waals surface area contributed by atoms with Crippen molar-refractivity contribution in [3.63, 3.8) is 0 Å². The van der Waals surface area contributed by atoms with Crippen LogP contribution in [0.5, 0.6) is 0 Å². The molecule has 2 aromatic heterocycles. The van der Waals surface area contributed by atoms with E-state index >= 15 is 8.78 Å². The van der Waals surface area contributed by atoms with E-state index in [4.69, 9.17) is 0 Å². The van der Waals surface area contributed by atoms with E-state index in [9.17, 15) is 14.1 Å². The summed E-state index contributed by atoms with van der Waals surface area (Å²) < 4.78 is 45.5. The van der Waals surface area contributed by atoms with Gasteiger partial charge in [-0.2, -0.15) is 0 Å². The fraction of sp³-hybridized carbons (Fsp3) is 0.606. The summed E-state index contributed by atoms with van der Waals surface area (Å²) in [7, 11) is -0.849. The number of hydrogen-bond donors (Lipinski definition) is 2. The van der Waals surface area contributed by atoms with Crippen LogP contribution in [0.3, 0.4) is 0 Å². The first-order valence-electron chi connectivity index (χ1n) is 16.1. The molecule has 4 aliphatic heterocycles. The van der Waals surface area contributed by atoms with Gasteiger partial charge in [0.1, 0.15) is 17.8 Å². The fourth-order valence-electron chi connectivity index (χ4n) is 7.16. The molecule has 0 aliphatic carbocycles. The first-order chi connectivity index (χ1) is 21.2. The zero-order valence-corrected chi connectivity index (χ0v) is 26.2. The minimum atomic E-state index is -2.96. The lowest BCUT2D eigenvalue weighted by molar-refractivity contribution is -0.0875. The topological polar surface area (TPSA) is 100 Å². The molecular formula is C33H43F2N5O3S. The van der Waals surface area contributed by atoms with Crippen LogP contribution >= 0.6 is 0 Å². The van der Waals surface area contributed by atoms with E-state index in [0.29, 0.717) is 86.8 Å². The molecule has 4 aliphatic rings. The fourth-order valence-corrected chi connectivity index (χ4v) is 8.46. The lowest BCUT2D eigenvalue weighted by Gasteiger charge is -2.37. The predicted molar refractivity (Wildman–Crippen MR) is 170 cm³/mol. The summed E-state index contributed by atoms with van der Waals surface area (Å²) in [4.78, 5) is 25.1. The van der Waals surface area contributed by atoms with Gasteiger partial charge in [-0.15, -0.1) is 0 Å². The number of piperidine rings is 1. The third-order valence-electron chi connectivity index (χ3n) is 9.85. The van der Waals surface area contributed by atoms with Gasteiger partial charge in [0.25, 0.3) is 11.5 Å². The number of nitrogens with zero attached hydrogens (tertiary/aromatic N) is 4. The highest BCUT2D eigenvalue weighted by Crippen LogP contribution is 2.42. The van der Waals surface area contributed by atoms with Gasteiger partial charge in [-0.05, 0) is 82.2 Å². The van der Waals surface area contributed by atoms with Crippen LogP contribution in [-0.4, -0.2) is 66.0 Å². The molecule has 3 aromatic rings. The SMILES string of the molecule is C[C@H]1Nc2ncnc3c2cc(C2CCS(=O)CC2)c(=O)n3CCCCCC(O)CN2CCC(CC2)C(F)(F)c2cccc1c2. The van der Waals surface area contributed by atoms with Gasteiger partial charge in [-0.25, -0.2) is 18.7 Å². The van der Waals surface area contributed by atoms with E-state index < -0.39 is 28.7 Å². The number of fused-ring (bicyclic) bond motifs is 9. The Kier molecular flexibility index (Phi) is 9.44. The van der Waals surface area contributed by atoms with Crippen LogP contribution in [0.1, 0.15) is 86.9 Å². The minimum Gasteiger partial charge on any atom is -0.392 e. The van der Waals surface area contributed by atoms with Gasteiger partial charge in [0, 0.05) is 58.5 Å². The Bertz CT molecular complexity index is 1550. The van der Waals surface area contributed by atoms with Crippen LogP contribution in [0.15, 0.2) is 41.5 Å². The summed E-state index contributed by atoms with van der Waals surface area (Å²) in [5.74, 6) is -1.99. The van der Waals surface area contributed by atoms with E-state index in [1.165, 1.54) is 12.4 Å². The van der Waals surface area contributed by atoms with Crippen molar-refractivity contribution in [1.82, 2.24) is 19.4 Å². The zero-order chi connectivity index (χ0) is 30.8. The normalized spacial score (nSPS) is 30.0.